The van der Waals surface area contributed by atoms with Gasteiger partial charge in [-0.1, -0.05) is 30.2 Å². The smallest absolute Gasteiger partial charge is 0.137 e. The third-order valence-corrected chi connectivity index (χ3v) is 4.31. The molecule has 0 aromatic heterocycles. The van der Waals surface area contributed by atoms with E-state index in [0.29, 0.717) is 25.2 Å². The quantitative estimate of drug-likeness (QED) is 0.866. The minimum Gasteiger partial charge on any atom is -0.330 e. The Kier molecular flexibility index (Phi) is 3.86. The van der Waals surface area contributed by atoms with Crippen LogP contribution in [0.3, 0.4) is 0 Å². The summed E-state index contributed by atoms with van der Waals surface area (Å²) in [5, 5.41) is 0. The Morgan fingerprint density at radius 2 is 2.06 bits per heavy atom. The summed E-state index contributed by atoms with van der Waals surface area (Å²) in [6.45, 7) is 4.80. The van der Waals surface area contributed by atoms with E-state index in [1.807, 2.05) is 0 Å². The molecule has 0 unspecified atom stereocenters. The van der Waals surface area contributed by atoms with Gasteiger partial charge in [-0.15, -0.1) is 0 Å². The maximum absolute atomic E-state index is 12.2. The molecule has 2 nitrogen and oxygen atoms in total. The Hall–Kier alpha value is -1.15. The zero-order valence-corrected chi connectivity index (χ0v) is 11.5. The molecule has 0 heterocycles. The molecule has 18 heavy (non-hydrogen) atoms. The van der Waals surface area contributed by atoms with Gasteiger partial charge in [0, 0.05) is 12.8 Å². The van der Waals surface area contributed by atoms with Crippen LogP contribution in [0.25, 0.3) is 0 Å². The fraction of sp³-hybridized carbons (Fsp3) is 0.562. The van der Waals surface area contributed by atoms with Crippen LogP contribution in [0.4, 0.5) is 0 Å². The summed E-state index contributed by atoms with van der Waals surface area (Å²) in [6, 6.07) is 6.32. The third-order valence-electron chi connectivity index (χ3n) is 4.31. The third kappa shape index (κ3) is 2.81. The molecule has 0 bridgehead atoms. The van der Waals surface area contributed by atoms with Gasteiger partial charge in [0.15, 0.2) is 0 Å². The number of carbonyl (C=O) groups excluding carboxylic acids is 1. The average molecular weight is 245 g/mol. The molecule has 1 aliphatic rings. The lowest BCUT2D eigenvalue weighted by Crippen LogP contribution is -2.39. The monoisotopic (exact) mass is 245 g/mol. The molecule has 1 fully saturated rings. The Labute approximate surface area is 110 Å². The predicted molar refractivity (Wildman–Crippen MR) is 74.6 cm³/mol. The number of nitrogens with two attached hydrogens (primary N) is 1. The fourth-order valence-electron chi connectivity index (χ4n) is 2.81. The number of ketones is 1. The van der Waals surface area contributed by atoms with Gasteiger partial charge >= 0.3 is 0 Å². The second-order valence-corrected chi connectivity index (χ2v) is 5.88. The van der Waals surface area contributed by atoms with Crippen LogP contribution < -0.4 is 5.73 Å². The Morgan fingerprint density at radius 1 is 1.33 bits per heavy atom. The molecule has 2 rings (SSSR count). The highest BCUT2D eigenvalue weighted by atomic mass is 16.1. The molecule has 0 amide bonds. The normalized spacial score (nSPS) is 17.3. The van der Waals surface area contributed by atoms with Gasteiger partial charge in [0.2, 0.25) is 0 Å². The standard InChI is InChI=1S/C16H23NO/c1-12-4-5-13(2)14(8-12)9-15(18)10-16(11-17)6-3-7-16/h4-5,8H,3,6-7,9-11,17H2,1-2H3. The van der Waals surface area contributed by atoms with Crippen molar-refractivity contribution in [2.45, 2.75) is 46.0 Å². The first-order valence-electron chi connectivity index (χ1n) is 6.83. The summed E-state index contributed by atoms with van der Waals surface area (Å²) in [4.78, 5) is 12.2. The molecule has 0 radical (unpaired) electrons. The number of hydrogen-bond donors (Lipinski definition) is 1. The summed E-state index contributed by atoms with van der Waals surface area (Å²) < 4.78 is 0. The lowest BCUT2D eigenvalue weighted by Gasteiger charge is -2.40. The SMILES string of the molecule is Cc1ccc(C)c(CC(=O)CC2(CN)CCC2)c1. The number of carbonyl (C=O) groups is 1. The molecule has 1 aromatic carbocycles. The molecule has 98 valence electrons. The van der Waals surface area contributed by atoms with Crippen LogP contribution >= 0.6 is 0 Å². The van der Waals surface area contributed by atoms with Crippen molar-refractivity contribution in [2.24, 2.45) is 11.1 Å². The van der Waals surface area contributed by atoms with Crippen molar-refractivity contribution in [3.63, 3.8) is 0 Å². The Balaban J connectivity index is 2.00. The van der Waals surface area contributed by atoms with E-state index in [-0.39, 0.29) is 5.41 Å². The minimum absolute atomic E-state index is 0.134. The summed E-state index contributed by atoms with van der Waals surface area (Å²) in [5.74, 6) is 0.342. The second-order valence-electron chi connectivity index (χ2n) is 5.88. The van der Waals surface area contributed by atoms with Gasteiger partial charge in [-0.25, -0.2) is 0 Å². The fourth-order valence-corrected chi connectivity index (χ4v) is 2.81. The molecule has 1 aromatic rings. The molecule has 2 N–H and O–H groups in total. The second kappa shape index (κ2) is 5.23. The number of benzene rings is 1. The highest BCUT2D eigenvalue weighted by molar-refractivity contribution is 5.82. The topological polar surface area (TPSA) is 43.1 Å². The van der Waals surface area contributed by atoms with E-state index in [4.69, 9.17) is 5.73 Å². The molecule has 1 saturated carbocycles. The predicted octanol–water partition coefficient (Wildman–Crippen LogP) is 2.93. The summed E-state index contributed by atoms with van der Waals surface area (Å²) in [7, 11) is 0. The zero-order chi connectivity index (χ0) is 13.2. The van der Waals surface area contributed by atoms with Gasteiger partial charge in [-0.2, -0.15) is 0 Å². The first-order valence-corrected chi connectivity index (χ1v) is 6.83. The first kappa shape index (κ1) is 13.3. The number of Topliss-reactive ketones (excluding diaryl/α,β-unsaturated/α-hetero) is 1. The van der Waals surface area contributed by atoms with Crippen LogP contribution in [0.5, 0.6) is 0 Å². The van der Waals surface area contributed by atoms with Crippen molar-refractivity contribution in [2.75, 3.05) is 6.54 Å². The highest BCUT2D eigenvalue weighted by Crippen LogP contribution is 2.43. The summed E-state index contributed by atoms with van der Waals surface area (Å²) in [5.41, 5.74) is 9.55. The number of rotatable bonds is 5. The van der Waals surface area contributed by atoms with E-state index in [0.717, 1.165) is 12.8 Å². The van der Waals surface area contributed by atoms with Gasteiger partial charge in [0.05, 0.1) is 0 Å². The van der Waals surface area contributed by atoms with Crippen LogP contribution in [0.1, 0.15) is 42.4 Å². The molecule has 0 aliphatic heterocycles. The molecule has 0 spiro atoms. The average Bonchev–Trinajstić information content (AvgIpc) is 2.28. The van der Waals surface area contributed by atoms with Crippen LogP contribution in [0.2, 0.25) is 0 Å². The minimum atomic E-state index is 0.134. The van der Waals surface area contributed by atoms with E-state index >= 15 is 0 Å². The lowest BCUT2D eigenvalue weighted by molar-refractivity contribution is -0.122. The molecule has 1 aliphatic carbocycles. The van der Waals surface area contributed by atoms with Crippen molar-refractivity contribution in [1.82, 2.24) is 0 Å². The lowest BCUT2D eigenvalue weighted by atomic mass is 9.65. The number of aryl methyl sites for hydroxylation is 2. The van der Waals surface area contributed by atoms with E-state index < -0.39 is 0 Å². The van der Waals surface area contributed by atoms with Gasteiger partial charge < -0.3 is 5.73 Å². The summed E-state index contributed by atoms with van der Waals surface area (Å²) in [6.07, 6.45) is 4.71. The van der Waals surface area contributed by atoms with Crippen molar-refractivity contribution in [1.29, 1.82) is 0 Å². The molecule has 2 heteroatoms. The number of hydrogen-bond acceptors (Lipinski definition) is 2. The maximum Gasteiger partial charge on any atom is 0.137 e. The van der Waals surface area contributed by atoms with E-state index in [1.54, 1.807) is 0 Å². The van der Waals surface area contributed by atoms with Crippen molar-refractivity contribution in [3.8, 4) is 0 Å². The summed E-state index contributed by atoms with van der Waals surface area (Å²) >= 11 is 0. The van der Waals surface area contributed by atoms with Crippen LogP contribution in [0, 0.1) is 19.3 Å². The Morgan fingerprint density at radius 3 is 2.61 bits per heavy atom. The van der Waals surface area contributed by atoms with Gasteiger partial charge in [-0.05, 0) is 49.8 Å². The van der Waals surface area contributed by atoms with Gasteiger partial charge in [-0.3, -0.25) is 4.79 Å². The molecular weight excluding hydrogens is 222 g/mol. The maximum atomic E-state index is 12.2. The van der Waals surface area contributed by atoms with Gasteiger partial charge in [0.25, 0.3) is 0 Å². The van der Waals surface area contributed by atoms with E-state index in [9.17, 15) is 4.79 Å². The van der Waals surface area contributed by atoms with Crippen LogP contribution in [0.15, 0.2) is 18.2 Å². The van der Waals surface area contributed by atoms with Crippen molar-refractivity contribution in [3.05, 3.63) is 34.9 Å². The van der Waals surface area contributed by atoms with E-state index in [2.05, 4.69) is 32.0 Å². The zero-order valence-electron chi connectivity index (χ0n) is 11.5. The van der Waals surface area contributed by atoms with Gasteiger partial charge in [0.1, 0.15) is 5.78 Å². The van der Waals surface area contributed by atoms with E-state index in [1.165, 1.54) is 23.1 Å². The highest BCUT2D eigenvalue weighted by Gasteiger charge is 2.37. The van der Waals surface area contributed by atoms with Crippen LogP contribution in [-0.2, 0) is 11.2 Å². The van der Waals surface area contributed by atoms with Crippen molar-refractivity contribution >= 4 is 5.78 Å². The largest absolute Gasteiger partial charge is 0.330 e. The molecular formula is C16H23NO. The molecule has 0 saturated heterocycles. The Bertz CT molecular complexity index is 441. The van der Waals surface area contributed by atoms with Crippen LogP contribution in [-0.4, -0.2) is 12.3 Å². The molecule has 0 atom stereocenters. The van der Waals surface area contributed by atoms with Crippen molar-refractivity contribution < 1.29 is 4.79 Å². The first-order chi connectivity index (χ1) is 8.54.